The zero-order chi connectivity index (χ0) is 15.2. The van der Waals surface area contributed by atoms with Gasteiger partial charge in [-0.05, 0) is 38.3 Å². The summed E-state index contributed by atoms with van der Waals surface area (Å²) in [6.45, 7) is 2.08. The second-order valence-corrected chi connectivity index (χ2v) is 5.72. The number of halogens is 4. The lowest BCUT2D eigenvalue weighted by Gasteiger charge is -2.24. The first-order valence-electron chi connectivity index (χ1n) is 6.82. The van der Waals surface area contributed by atoms with Crippen molar-refractivity contribution in [1.29, 1.82) is 0 Å². The monoisotopic (exact) mass is 314 g/mol. The third-order valence-electron chi connectivity index (χ3n) is 3.91. The zero-order valence-electron chi connectivity index (χ0n) is 11.4. The number of benzene rings is 1. The van der Waals surface area contributed by atoms with Gasteiger partial charge in [0.2, 0.25) is 0 Å². The van der Waals surface area contributed by atoms with Crippen LogP contribution in [0.25, 0.3) is 11.4 Å². The fourth-order valence-electron chi connectivity index (χ4n) is 2.84. The van der Waals surface area contributed by atoms with E-state index in [1.807, 2.05) is 0 Å². The summed E-state index contributed by atoms with van der Waals surface area (Å²) in [4.78, 5) is 4.35. The first kappa shape index (κ1) is 14.4. The predicted octanol–water partition coefficient (Wildman–Crippen LogP) is 5.12. The van der Waals surface area contributed by atoms with Crippen LogP contribution in [0.5, 0.6) is 0 Å². The normalized spacial score (nSPS) is 18.6. The summed E-state index contributed by atoms with van der Waals surface area (Å²) in [6, 6.07) is 5.33. The minimum atomic E-state index is -4.32. The molecule has 21 heavy (non-hydrogen) atoms. The summed E-state index contributed by atoms with van der Waals surface area (Å²) in [6.07, 6.45) is -1.39. The van der Waals surface area contributed by atoms with Crippen molar-refractivity contribution >= 4 is 11.6 Å². The maximum atomic E-state index is 12.6. The van der Waals surface area contributed by atoms with Crippen LogP contribution in [-0.2, 0) is 12.6 Å². The van der Waals surface area contributed by atoms with E-state index in [9.17, 15) is 13.2 Å². The molecule has 3 rings (SSSR count). The lowest BCUT2D eigenvalue weighted by atomic mass is 10.0. The van der Waals surface area contributed by atoms with Gasteiger partial charge in [-0.15, -0.1) is 0 Å². The molecule has 0 spiro atoms. The summed E-state index contributed by atoms with van der Waals surface area (Å²) in [5.74, 6) is 0.649. The largest absolute Gasteiger partial charge is 0.416 e. The molecule has 0 N–H and O–H groups in total. The van der Waals surface area contributed by atoms with Gasteiger partial charge in [-0.25, -0.2) is 4.98 Å². The lowest BCUT2D eigenvalue weighted by molar-refractivity contribution is -0.137. The number of alkyl halides is 3. The quantitative estimate of drug-likeness (QED) is 0.714. The summed E-state index contributed by atoms with van der Waals surface area (Å²) in [7, 11) is 0. The van der Waals surface area contributed by atoms with E-state index in [0.29, 0.717) is 16.5 Å². The smallest absolute Gasteiger partial charge is 0.324 e. The Morgan fingerprint density at radius 2 is 1.90 bits per heavy atom. The summed E-state index contributed by atoms with van der Waals surface area (Å²) in [5.41, 5.74) is 0.978. The highest BCUT2D eigenvalue weighted by Gasteiger charge is 2.30. The molecule has 2 nitrogen and oxygen atoms in total. The molecule has 0 bridgehead atoms. The number of hydrogen-bond donors (Lipinski definition) is 0. The fourth-order valence-corrected chi connectivity index (χ4v) is 3.11. The molecule has 1 atom stereocenters. The highest BCUT2D eigenvalue weighted by molar-refractivity contribution is 6.30. The van der Waals surface area contributed by atoms with Crippen molar-refractivity contribution < 1.29 is 13.2 Å². The summed E-state index contributed by atoms with van der Waals surface area (Å²) in [5, 5.41) is 0.455. The third kappa shape index (κ3) is 2.55. The van der Waals surface area contributed by atoms with Gasteiger partial charge in [0.1, 0.15) is 5.82 Å². The van der Waals surface area contributed by atoms with Gasteiger partial charge in [0, 0.05) is 11.6 Å². The first-order chi connectivity index (χ1) is 9.88. The van der Waals surface area contributed by atoms with Crippen LogP contribution in [0.2, 0.25) is 5.15 Å². The van der Waals surface area contributed by atoms with Gasteiger partial charge in [0.25, 0.3) is 0 Å². The molecule has 1 aliphatic heterocycles. The Balaban J connectivity index is 2.05. The molecule has 1 aliphatic rings. The molecule has 0 amide bonds. The van der Waals surface area contributed by atoms with Crippen molar-refractivity contribution in [2.45, 2.75) is 38.4 Å². The molecule has 6 heteroatoms. The van der Waals surface area contributed by atoms with Crippen molar-refractivity contribution in [2.75, 3.05) is 0 Å². The van der Waals surface area contributed by atoms with Crippen LogP contribution in [0.1, 0.15) is 37.1 Å². The van der Waals surface area contributed by atoms with E-state index in [0.717, 1.165) is 37.1 Å². The predicted molar refractivity (Wildman–Crippen MR) is 75.3 cm³/mol. The Bertz CT molecular complexity index is 659. The maximum absolute atomic E-state index is 12.6. The Hall–Kier alpha value is -1.49. The van der Waals surface area contributed by atoms with E-state index in [1.54, 1.807) is 0 Å². The van der Waals surface area contributed by atoms with Gasteiger partial charge in [-0.1, -0.05) is 23.7 Å². The van der Waals surface area contributed by atoms with Crippen molar-refractivity contribution in [3.63, 3.8) is 0 Å². The van der Waals surface area contributed by atoms with Gasteiger partial charge in [0.15, 0.2) is 5.15 Å². The molecular weight excluding hydrogens is 301 g/mol. The second kappa shape index (κ2) is 5.05. The number of rotatable bonds is 1. The van der Waals surface area contributed by atoms with Crippen LogP contribution >= 0.6 is 11.6 Å². The second-order valence-electron chi connectivity index (χ2n) is 5.36. The number of fused-ring (bicyclic) bond motifs is 1. The van der Waals surface area contributed by atoms with Gasteiger partial charge in [-0.2, -0.15) is 13.2 Å². The van der Waals surface area contributed by atoms with Crippen LogP contribution in [0.15, 0.2) is 24.3 Å². The molecule has 0 radical (unpaired) electrons. The lowest BCUT2D eigenvalue weighted by Crippen LogP contribution is -2.16. The van der Waals surface area contributed by atoms with E-state index in [4.69, 9.17) is 11.6 Å². The highest BCUT2D eigenvalue weighted by Crippen LogP contribution is 2.36. The first-order valence-corrected chi connectivity index (χ1v) is 7.20. The van der Waals surface area contributed by atoms with Crippen LogP contribution in [0, 0.1) is 0 Å². The Kier molecular flexibility index (Phi) is 3.48. The maximum Gasteiger partial charge on any atom is 0.416 e. The molecule has 1 aromatic carbocycles. The van der Waals surface area contributed by atoms with Crippen molar-refractivity contribution in [3.8, 4) is 11.4 Å². The van der Waals surface area contributed by atoms with Gasteiger partial charge < -0.3 is 4.57 Å². The highest BCUT2D eigenvalue weighted by atomic mass is 35.5. The minimum absolute atomic E-state index is 0.256. The minimum Gasteiger partial charge on any atom is -0.324 e. The topological polar surface area (TPSA) is 17.8 Å². The van der Waals surface area contributed by atoms with Crippen LogP contribution < -0.4 is 0 Å². The van der Waals surface area contributed by atoms with Crippen molar-refractivity contribution in [3.05, 3.63) is 40.7 Å². The van der Waals surface area contributed by atoms with Crippen molar-refractivity contribution in [2.24, 2.45) is 0 Å². The molecular formula is C15H14ClF3N2. The standard InChI is InChI=1S/C15H14ClF3N2/c1-9-3-2-4-12-13(16)20-14(21(9)12)10-5-7-11(8-6-10)15(17,18)19/h5-9H,2-4H2,1H3. The van der Waals surface area contributed by atoms with E-state index in [2.05, 4.69) is 16.5 Å². The molecule has 2 aromatic rings. The molecule has 0 saturated carbocycles. The number of hydrogen-bond acceptors (Lipinski definition) is 1. The molecule has 1 aromatic heterocycles. The number of nitrogens with zero attached hydrogens (tertiary/aromatic N) is 2. The Labute approximate surface area is 125 Å². The average Bonchev–Trinajstić information content (AvgIpc) is 2.77. The Morgan fingerprint density at radius 1 is 1.24 bits per heavy atom. The van der Waals surface area contributed by atoms with E-state index < -0.39 is 11.7 Å². The van der Waals surface area contributed by atoms with Gasteiger partial charge in [0.05, 0.1) is 11.3 Å². The molecule has 0 fully saturated rings. The Morgan fingerprint density at radius 3 is 2.52 bits per heavy atom. The van der Waals surface area contributed by atoms with E-state index in [-0.39, 0.29) is 6.04 Å². The molecule has 112 valence electrons. The zero-order valence-corrected chi connectivity index (χ0v) is 12.2. The van der Waals surface area contributed by atoms with Crippen LogP contribution in [0.3, 0.4) is 0 Å². The summed E-state index contributed by atoms with van der Waals surface area (Å²) < 4.78 is 39.9. The molecule has 0 aliphatic carbocycles. The fraction of sp³-hybridized carbons (Fsp3) is 0.400. The van der Waals surface area contributed by atoms with Gasteiger partial charge in [-0.3, -0.25) is 0 Å². The molecule has 1 unspecified atom stereocenters. The number of aromatic nitrogens is 2. The third-order valence-corrected chi connectivity index (χ3v) is 4.21. The molecule has 0 saturated heterocycles. The van der Waals surface area contributed by atoms with E-state index in [1.165, 1.54) is 12.1 Å². The molecule has 2 heterocycles. The SMILES string of the molecule is CC1CCCc2c(Cl)nc(-c3ccc(C(F)(F)F)cc3)n21. The van der Waals surface area contributed by atoms with Gasteiger partial charge >= 0.3 is 6.18 Å². The van der Waals surface area contributed by atoms with Crippen molar-refractivity contribution in [1.82, 2.24) is 9.55 Å². The average molecular weight is 315 g/mol. The van der Waals surface area contributed by atoms with Crippen LogP contribution in [-0.4, -0.2) is 9.55 Å². The summed E-state index contributed by atoms with van der Waals surface area (Å²) >= 11 is 6.17. The van der Waals surface area contributed by atoms with Crippen LogP contribution in [0.4, 0.5) is 13.2 Å². The van der Waals surface area contributed by atoms with E-state index >= 15 is 0 Å². The number of imidazole rings is 1.